The zero-order valence-electron chi connectivity index (χ0n) is 14.2. The van der Waals surface area contributed by atoms with Gasteiger partial charge in [-0.15, -0.1) is 0 Å². The van der Waals surface area contributed by atoms with Crippen LogP contribution in [0.15, 0.2) is 60.8 Å². The minimum atomic E-state index is -0.409. The van der Waals surface area contributed by atoms with Crippen LogP contribution in [0.25, 0.3) is 0 Å². The highest BCUT2D eigenvalue weighted by molar-refractivity contribution is 6.04. The van der Waals surface area contributed by atoms with Crippen LogP contribution in [0.5, 0.6) is 11.5 Å². The molecule has 0 atom stereocenters. The number of anilines is 2. The van der Waals surface area contributed by atoms with E-state index in [-0.39, 0.29) is 12.7 Å². The number of nitrogens with zero attached hydrogens (tertiary/aromatic N) is 1. The first-order valence-electron chi connectivity index (χ1n) is 8.33. The molecule has 3 aromatic rings. The Morgan fingerprint density at radius 3 is 2.85 bits per heavy atom. The van der Waals surface area contributed by atoms with Crippen LogP contribution in [0, 0.1) is 5.82 Å². The van der Waals surface area contributed by atoms with Crippen LogP contribution in [0.4, 0.5) is 15.9 Å². The average Bonchev–Trinajstić information content (AvgIpc) is 3.14. The van der Waals surface area contributed by atoms with E-state index in [0.717, 1.165) is 11.3 Å². The van der Waals surface area contributed by atoms with Crippen molar-refractivity contribution in [2.75, 3.05) is 17.4 Å². The van der Waals surface area contributed by atoms with E-state index in [2.05, 4.69) is 15.6 Å². The second-order valence-electron chi connectivity index (χ2n) is 5.94. The molecule has 2 heterocycles. The zero-order chi connectivity index (χ0) is 18.6. The number of hydrogen-bond donors (Lipinski definition) is 2. The molecule has 1 aromatic heterocycles. The Balaban J connectivity index is 1.42. The molecule has 2 N–H and O–H groups in total. The summed E-state index contributed by atoms with van der Waals surface area (Å²) < 4.78 is 23.9. The number of carbonyl (C=O) groups excluding carboxylic acids is 1. The summed E-state index contributed by atoms with van der Waals surface area (Å²) >= 11 is 0. The Labute approximate surface area is 155 Å². The summed E-state index contributed by atoms with van der Waals surface area (Å²) in [7, 11) is 0. The molecule has 4 rings (SSSR count). The van der Waals surface area contributed by atoms with Gasteiger partial charge < -0.3 is 20.1 Å². The minimum Gasteiger partial charge on any atom is -0.454 e. The quantitative estimate of drug-likeness (QED) is 0.719. The summed E-state index contributed by atoms with van der Waals surface area (Å²) in [6.45, 7) is 0.745. The third-order valence-corrected chi connectivity index (χ3v) is 4.02. The summed E-state index contributed by atoms with van der Waals surface area (Å²) in [6.07, 6.45) is 1.54. The van der Waals surface area contributed by atoms with Crippen LogP contribution in [0.2, 0.25) is 0 Å². The average molecular weight is 365 g/mol. The summed E-state index contributed by atoms with van der Waals surface area (Å²) in [4.78, 5) is 16.6. The van der Waals surface area contributed by atoms with Crippen LogP contribution in [-0.2, 0) is 6.54 Å². The molecule has 0 unspecified atom stereocenters. The highest BCUT2D eigenvalue weighted by Gasteiger charge is 2.13. The molecule has 0 saturated carbocycles. The van der Waals surface area contributed by atoms with Crippen molar-refractivity contribution in [3.63, 3.8) is 0 Å². The number of rotatable bonds is 5. The van der Waals surface area contributed by atoms with E-state index >= 15 is 0 Å². The normalized spacial score (nSPS) is 11.9. The number of aromatic nitrogens is 1. The fourth-order valence-electron chi connectivity index (χ4n) is 2.68. The fourth-order valence-corrected chi connectivity index (χ4v) is 2.68. The highest BCUT2D eigenvalue weighted by Crippen LogP contribution is 2.32. The van der Waals surface area contributed by atoms with Crippen molar-refractivity contribution in [1.29, 1.82) is 0 Å². The SMILES string of the molecule is O=C(Nc1cccc(F)c1)c1ccnc(NCc2ccc3c(c2)OCO3)c1. The second-order valence-corrected chi connectivity index (χ2v) is 5.94. The van der Waals surface area contributed by atoms with Gasteiger partial charge in [-0.05, 0) is 48.0 Å². The Hall–Kier alpha value is -3.61. The predicted molar refractivity (Wildman–Crippen MR) is 98.5 cm³/mol. The fraction of sp³-hybridized carbons (Fsp3) is 0.100. The van der Waals surface area contributed by atoms with Gasteiger partial charge in [-0.3, -0.25) is 4.79 Å². The van der Waals surface area contributed by atoms with Crippen LogP contribution < -0.4 is 20.1 Å². The third-order valence-electron chi connectivity index (χ3n) is 4.02. The summed E-state index contributed by atoms with van der Waals surface area (Å²) in [5.41, 5.74) is 1.81. The molecule has 6 nitrogen and oxygen atoms in total. The Morgan fingerprint density at radius 1 is 1.07 bits per heavy atom. The first kappa shape index (κ1) is 16.8. The van der Waals surface area contributed by atoms with Crippen molar-refractivity contribution < 1.29 is 18.7 Å². The van der Waals surface area contributed by atoms with E-state index in [1.54, 1.807) is 24.4 Å². The van der Waals surface area contributed by atoms with Crippen molar-refractivity contribution in [2.45, 2.75) is 6.54 Å². The van der Waals surface area contributed by atoms with Gasteiger partial charge in [0.05, 0.1) is 0 Å². The molecule has 0 fully saturated rings. The maximum absolute atomic E-state index is 13.2. The van der Waals surface area contributed by atoms with E-state index in [1.165, 1.54) is 18.2 Å². The van der Waals surface area contributed by atoms with E-state index in [1.807, 2.05) is 18.2 Å². The van der Waals surface area contributed by atoms with Crippen LogP contribution >= 0.6 is 0 Å². The van der Waals surface area contributed by atoms with Crippen molar-refractivity contribution in [2.24, 2.45) is 0 Å². The van der Waals surface area contributed by atoms with Gasteiger partial charge >= 0.3 is 0 Å². The zero-order valence-corrected chi connectivity index (χ0v) is 14.2. The number of pyridine rings is 1. The molecule has 0 spiro atoms. The monoisotopic (exact) mass is 365 g/mol. The lowest BCUT2D eigenvalue weighted by Crippen LogP contribution is -2.13. The topological polar surface area (TPSA) is 72.5 Å². The second kappa shape index (κ2) is 7.33. The molecule has 1 amide bonds. The van der Waals surface area contributed by atoms with Crippen molar-refractivity contribution in [3.05, 3.63) is 77.7 Å². The number of ether oxygens (including phenoxy) is 2. The van der Waals surface area contributed by atoms with Gasteiger partial charge in [0.15, 0.2) is 11.5 Å². The Kier molecular flexibility index (Phi) is 4.57. The van der Waals surface area contributed by atoms with E-state index < -0.39 is 5.82 Å². The minimum absolute atomic E-state index is 0.232. The molecule has 2 aromatic carbocycles. The lowest BCUT2D eigenvalue weighted by molar-refractivity contribution is 0.102. The molecule has 136 valence electrons. The van der Waals surface area contributed by atoms with E-state index in [9.17, 15) is 9.18 Å². The van der Waals surface area contributed by atoms with Gasteiger partial charge in [0.1, 0.15) is 11.6 Å². The van der Waals surface area contributed by atoms with Crippen molar-refractivity contribution in [3.8, 4) is 11.5 Å². The van der Waals surface area contributed by atoms with Crippen molar-refractivity contribution >= 4 is 17.4 Å². The number of carbonyl (C=O) groups is 1. The maximum atomic E-state index is 13.2. The van der Waals surface area contributed by atoms with Crippen LogP contribution in [-0.4, -0.2) is 17.7 Å². The summed E-state index contributed by atoms with van der Waals surface area (Å²) in [5.74, 6) is 1.25. The number of fused-ring (bicyclic) bond motifs is 1. The molecular weight excluding hydrogens is 349 g/mol. The Morgan fingerprint density at radius 2 is 1.96 bits per heavy atom. The van der Waals surface area contributed by atoms with Gasteiger partial charge in [-0.2, -0.15) is 0 Å². The largest absolute Gasteiger partial charge is 0.454 e. The van der Waals surface area contributed by atoms with Gasteiger partial charge in [-0.25, -0.2) is 9.37 Å². The summed E-state index contributed by atoms with van der Waals surface area (Å²) in [6, 6.07) is 14.7. The molecule has 1 aliphatic rings. The smallest absolute Gasteiger partial charge is 0.255 e. The number of hydrogen-bond acceptors (Lipinski definition) is 5. The van der Waals surface area contributed by atoms with Gasteiger partial charge in [-0.1, -0.05) is 12.1 Å². The molecule has 0 saturated heterocycles. The van der Waals surface area contributed by atoms with Crippen molar-refractivity contribution in [1.82, 2.24) is 4.98 Å². The standard InChI is InChI=1S/C20H16FN3O3/c21-15-2-1-3-16(10-15)24-20(25)14-6-7-22-19(9-14)23-11-13-4-5-17-18(8-13)27-12-26-17/h1-10H,11-12H2,(H,22,23)(H,24,25). The molecule has 7 heteroatoms. The maximum Gasteiger partial charge on any atom is 0.255 e. The van der Waals surface area contributed by atoms with E-state index in [4.69, 9.17) is 9.47 Å². The molecule has 0 radical (unpaired) electrons. The highest BCUT2D eigenvalue weighted by atomic mass is 19.1. The molecule has 0 bridgehead atoms. The molecular formula is C20H16FN3O3. The van der Waals surface area contributed by atoms with Gasteiger partial charge in [0.2, 0.25) is 6.79 Å². The predicted octanol–water partition coefficient (Wildman–Crippen LogP) is 3.81. The van der Waals surface area contributed by atoms with Gasteiger partial charge in [0.25, 0.3) is 5.91 Å². The first-order valence-corrected chi connectivity index (χ1v) is 8.33. The number of halogens is 1. The Bertz CT molecular complexity index is 994. The lowest BCUT2D eigenvalue weighted by Gasteiger charge is -2.09. The number of benzene rings is 2. The molecule has 1 aliphatic heterocycles. The molecule has 0 aliphatic carbocycles. The third kappa shape index (κ3) is 3.98. The van der Waals surface area contributed by atoms with E-state index in [0.29, 0.717) is 29.4 Å². The lowest BCUT2D eigenvalue weighted by atomic mass is 10.2. The first-order chi connectivity index (χ1) is 13.2. The van der Waals surface area contributed by atoms with Crippen LogP contribution in [0.1, 0.15) is 15.9 Å². The van der Waals surface area contributed by atoms with Gasteiger partial charge in [0, 0.05) is 24.0 Å². The van der Waals surface area contributed by atoms with Crippen LogP contribution in [0.3, 0.4) is 0 Å². The number of amides is 1. The number of nitrogens with one attached hydrogen (secondary N) is 2. The summed E-state index contributed by atoms with van der Waals surface area (Å²) in [5, 5.41) is 5.84. The molecule has 27 heavy (non-hydrogen) atoms.